The van der Waals surface area contributed by atoms with Crippen molar-refractivity contribution in [3.8, 4) is 0 Å². The van der Waals surface area contributed by atoms with Gasteiger partial charge in [0.1, 0.15) is 0 Å². The van der Waals surface area contributed by atoms with Crippen LogP contribution in [0, 0.1) is 0 Å². The van der Waals surface area contributed by atoms with Crippen molar-refractivity contribution in [2.45, 2.75) is 12.8 Å². The van der Waals surface area contributed by atoms with Gasteiger partial charge in [0.15, 0.2) is 5.78 Å². The molecule has 0 aliphatic heterocycles. The van der Waals surface area contributed by atoms with E-state index in [0.717, 1.165) is 44.1 Å². The Kier molecular flexibility index (Phi) is 4.92. The molecule has 122 valence electrons. The van der Waals surface area contributed by atoms with Crippen molar-refractivity contribution in [3.05, 3.63) is 67.6 Å². The molecule has 0 amide bonds. The Bertz CT molecular complexity index is 813. The van der Waals surface area contributed by atoms with E-state index >= 15 is 0 Å². The smallest absolute Gasteiger partial charge is 0.185 e. The van der Waals surface area contributed by atoms with Crippen LogP contribution in [0.15, 0.2) is 56.5 Å². The van der Waals surface area contributed by atoms with E-state index in [1.54, 1.807) is 0 Å². The average Bonchev–Trinajstić information content (AvgIpc) is 2.86. The van der Waals surface area contributed by atoms with Crippen molar-refractivity contribution >= 4 is 61.2 Å². The van der Waals surface area contributed by atoms with Crippen molar-refractivity contribution in [1.82, 2.24) is 0 Å². The standard InChI is InChI=1S/C19H16Br2N2O/c20-17-9-15(22)5-3-11(17)7-13-1-2-14(19(13)24)8-12-4-6-16(23)10-18(12)21/h3-10H,1-2,22-23H2. The summed E-state index contributed by atoms with van der Waals surface area (Å²) in [5, 5.41) is 0. The van der Waals surface area contributed by atoms with Gasteiger partial charge in [-0.25, -0.2) is 0 Å². The molecule has 0 spiro atoms. The van der Waals surface area contributed by atoms with E-state index in [-0.39, 0.29) is 5.78 Å². The van der Waals surface area contributed by atoms with Crippen LogP contribution in [-0.4, -0.2) is 5.78 Å². The summed E-state index contributed by atoms with van der Waals surface area (Å²) in [7, 11) is 0. The van der Waals surface area contributed by atoms with Crippen LogP contribution >= 0.6 is 31.9 Å². The number of nitrogen functional groups attached to an aromatic ring is 2. The Morgan fingerprint density at radius 2 is 1.21 bits per heavy atom. The van der Waals surface area contributed by atoms with E-state index in [1.807, 2.05) is 48.6 Å². The lowest BCUT2D eigenvalue weighted by Gasteiger charge is -2.03. The molecule has 0 unspecified atom stereocenters. The quantitative estimate of drug-likeness (QED) is 0.490. The third-order valence-corrected chi connectivity index (χ3v) is 5.33. The molecule has 0 radical (unpaired) electrons. The molecule has 0 bridgehead atoms. The van der Waals surface area contributed by atoms with Gasteiger partial charge >= 0.3 is 0 Å². The first kappa shape index (κ1) is 17.0. The highest BCUT2D eigenvalue weighted by atomic mass is 79.9. The maximum Gasteiger partial charge on any atom is 0.185 e. The predicted molar refractivity (Wildman–Crippen MR) is 107 cm³/mol. The molecule has 3 nitrogen and oxygen atoms in total. The molecule has 1 fully saturated rings. The highest BCUT2D eigenvalue weighted by Crippen LogP contribution is 2.32. The number of carbonyl (C=O) groups excluding carboxylic acids is 1. The van der Waals surface area contributed by atoms with Gasteiger partial charge < -0.3 is 11.5 Å². The highest BCUT2D eigenvalue weighted by Gasteiger charge is 2.23. The first-order valence-corrected chi connectivity index (χ1v) is 9.08. The molecular weight excluding hydrogens is 432 g/mol. The number of hydrogen-bond acceptors (Lipinski definition) is 3. The topological polar surface area (TPSA) is 69.1 Å². The van der Waals surface area contributed by atoms with Gasteiger partial charge in [-0.2, -0.15) is 0 Å². The molecule has 2 aromatic carbocycles. The normalized spacial score (nSPS) is 17.8. The van der Waals surface area contributed by atoms with Gasteiger partial charge in [0, 0.05) is 31.5 Å². The van der Waals surface area contributed by atoms with Crippen LogP contribution in [0.3, 0.4) is 0 Å². The monoisotopic (exact) mass is 446 g/mol. The van der Waals surface area contributed by atoms with E-state index in [2.05, 4.69) is 31.9 Å². The van der Waals surface area contributed by atoms with Crippen LogP contribution < -0.4 is 11.5 Å². The molecule has 0 aromatic heterocycles. The van der Waals surface area contributed by atoms with E-state index in [1.165, 1.54) is 0 Å². The van der Waals surface area contributed by atoms with E-state index < -0.39 is 0 Å². The molecule has 1 saturated carbocycles. The number of halogens is 2. The summed E-state index contributed by atoms with van der Waals surface area (Å²) in [5.74, 6) is 0.0995. The SMILES string of the molecule is Nc1ccc(C=C2CCC(=Cc3ccc(N)cc3Br)C2=O)c(Br)c1. The van der Waals surface area contributed by atoms with Gasteiger partial charge in [-0.1, -0.05) is 44.0 Å². The van der Waals surface area contributed by atoms with Crippen molar-refractivity contribution in [2.24, 2.45) is 0 Å². The van der Waals surface area contributed by atoms with Gasteiger partial charge in [-0.15, -0.1) is 0 Å². The van der Waals surface area contributed by atoms with Crippen LogP contribution in [0.5, 0.6) is 0 Å². The summed E-state index contributed by atoms with van der Waals surface area (Å²) in [6, 6.07) is 11.2. The minimum atomic E-state index is 0.0995. The van der Waals surface area contributed by atoms with Crippen molar-refractivity contribution in [3.63, 3.8) is 0 Å². The number of allylic oxidation sites excluding steroid dienone is 2. The Labute approximate surface area is 157 Å². The average molecular weight is 448 g/mol. The van der Waals surface area contributed by atoms with E-state index in [0.29, 0.717) is 11.4 Å². The second kappa shape index (κ2) is 6.95. The summed E-state index contributed by atoms with van der Waals surface area (Å²) in [5.41, 5.74) is 16.4. The second-order valence-electron chi connectivity index (χ2n) is 5.73. The van der Waals surface area contributed by atoms with Crippen LogP contribution in [0.4, 0.5) is 11.4 Å². The summed E-state index contributed by atoms with van der Waals surface area (Å²) >= 11 is 6.98. The number of Topliss-reactive ketones (excluding diaryl/α,β-unsaturated/α-hetero) is 1. The number of carbonyl (C=O) groups is 1. The van der Waals surface area contributed by atoms with E-state index in [9.17, 15) is 4.79 Å². The minimum Gasteiger partial charge on any atom is -0.399 e. The first-order chi connectivity index (χ1) is 11.4. The van der Waals surface area contributed by atoms with E-state index in [4.69, 9.17) is 11.5 Å². The molecule has 0 heterocycles. The summed E-state index contributed by atoms with van der Waals surface area (Å²) in [4.78, 5) is 12.7. The Morgan fingerprint density at radius 3 is 1.58 bits per heavy atom. The molecule has 0 atom stereocenters. The fourth-order valence-corrected chi connectivity index (χ4v) is 3.70. The third kappa shape index (κ3) is 3.62. The lowest BCUT2D eigenvalue weighted by atomic mass is 10.1. The number of anilines is 2. The number of hydrogen-bond donors (Lipinski definition) is 2. The third-order valence-electron chi connectivity index (χ3n) is 3.96. The van der Waals surface area contributed by atoms with Crippen molar-refractivity contribution in [1.29, 1.82) is 0 Å². The molecule has 0 saturated heterocycles. The van der Waals surface area contributed by atoms with Crippen LogP contribution in [0.1, 0.15) is 24.0 Å². The fourth-order valence-electron chi connectivity index (χ4n) is 2.67. The molecule has 4 N–H and O–H groups in total. The van der Waals surface area contributed by atoms with Gasteiger partial charge in [-0.05, 0) is 60.4 Å². The van der Waals surface area contributed by atoms with Gasteiger partial charge in [0.25, 0.3) is 0 Å². The Balaban J connectivity index is 1.89. The lowest BCUT2D eigenvalue weighted by Crippen LogP contribution is -1.96. The fraction of sp³-hybridized carbons (Fsp3) is 0.105. The lowest BCUT2D eigenvalue weighted by molar-refractivity contribution is -0.111. The molecular formula is C19H16Br2N2O. The maximum atomic E-state index is 12.7. The number of ketones is 1. The predicted octanol–water partition coefficient (Wildman–Crippen LogP) is 5.21. The van der Waals surface area contributed by atoms with Crippen molar-refractivity contribution < 1.29 is 4.79 Å². The zero-order valence-corrected chi connectivity index (χ0v) is 16.0. The van der Waals surface area contributed by atoms with Crippen LogP contribution in [0.25, 0.3) is 12.2 Å². The molecule has 3 rings (SSSR count). The summed E-state index contributed by atoms with van der Waals surface area (Å²) in [6.07, 6.45) is 5.36. The maximum absolute atomic E-state index is 12.7. The second-order valence-corrected chi connectivity index (χ2v) is 7.44. The molecule has 5 heteroatoms. The van der Waals surface area contributed by atoms with Crippen LogP contribution in [-0.2, 0) is 4.79 Å². The zero-order valence-electron chi connectivity index (χ0n) is 12.9. The largest absolute Gasteiger partial charge is 0.399 e. The molecule has 2 aromatic rings. The molecule has 1 aliphatic carbocycles. The van der Waals surface area contributed by atoms with Crippen LogP contribution in [0.2, 0.25) is 0 Å². The Morgan fingerprint density at radius 1 is 0.792 bits per heavy atom. The van der Waals surface area contributed by atoms with Gasteiger partial charge in [0.05, 0.1) is 0 Å². The molecule has 1 aliphatic rings. The van der Waals surface area contributed by atoms with Crippen molar-refractivity contribution in [2.75, 3.05) is 11.5 Å². The zero-order chi connectivity index (χ0) is 17.3. The molecule has 24 heavy (non-hydrogen) atoms. The number of benzene rings is 2. The van der Waals surface area contributed by atoms with Gasteiger partial charge in [-0.3, -0.25) is 4.79 Å². The summed E-state index contributed by atoms with van der Waals surface area (Å²) in [6.45, 7) is 0. The number of nitrogens with two attached hydrogens (primary N) is 2. The highest BCUT2D eigenvalue weighted by molar-refractivity contribution is 9.10. The van der Waals surface area contributed by atoms with Gasteiger partial charge in [0.2, 0.25) is 0 Å². The minimum absolute atomic E-state index is 0.0995. The summed E-state index contributed by atoms with van der Waals surface area (Å²) < 4.78 is 1.78. The number of rotatable bonds is 2. The Hall–Kier alpha value is -1.85. The first-order valence-electron chi connectivity index (χ1n) is 7.50.